The van der Waals surface area contributed by atoms with E-state index in [0.717, 1.165) is 25.1 Å². The number of hydrogen-bond donors (Lipinski definition) is 1. The molecule has 1 saturated carbocycles. The molecule has 5 nitrogen and oxygen atoms in total. The van der Waals surface area contributed by atoms with E-state index in [9.17, 15) is 4.79 Å². The third-order valence-electron chi connectivity index (χ3n) is 3.50. The Bertz CT molecular complexity index is 434. The Kier molecular flexibility index (Phi) is 3.89. The predicted octanol–water partition coefficient (Wildman–Crippen LogP) is 2.32. The third-order valence-corrected chi connectivity index (χ3v) is 3.50. The molecule has 0 atom stereocenters. The van der Waals surface area contributed by atoms with E-state index < -0.39 is 5.97 Å². The van der Waals surface area contributed by atoms with Crippen molar-refractivity contribution in [3.05, 3.63) is 11.5 Å². The summed E-state index contributed by atoms with van der Waals surface area (Å²) >= 11 is 0. The number of rotatable bonds is 4. The van der Waals surface area contributed by atoms with Gasteiger partial charge in [0, 0.05) is 12.5 Å². The molecule has 1 heterocycles. The van der Waals surface area contributed by atoms with Crippen LogP contribution in [0.1, 0.15) is 61.9 Å². The van der Waals surface area contributed by atoms with E-state index in [1.54, 1.807) is 6.92 Å². The zero-order chi connectivity index (χ0) is 13.1. The first-order chi connectivity index (χ1) is 8.69. The van der Waals surface area contributed by atoms with Crippen molar-refractivity contribution in [2.24, 2.45) is 0 Å². The normalized spacial score (nSPS) is 16.1. The van der Waals surface area contributed by atoms with Gasteiger partial charge in [0.15, 0.2) is 5.69 Å². The monoisotopic (exact) mass is 251 g/mol. The van der Waals surface area contributed by atoms with E-state index in [4.69, 9.17) is 10.5 Å². The summed E-state index contributed by atoms with van der Waals surface area (Å²) < 4.78 is 7.03. The van der Waals surface area contributed by atoms with Crippen LogP contribution in [0.25, 0.3) is 0 Å². The summed E-state index contributed by atoms with van der Waals surface area (Å²) in [6.07, 6.45) is 5.46. The molecule has 0 spiro atoms. The van der Waals surface area contributed by atoms with Gasteiger partial charge in [-0.15, -0.1) is 0 Å². The van der Waals surface area contributed by atoms with E-state index in [0.29, 0.717) is 18.5 Å². The number of nitrogen functional groups attached to an aromatic ring is 1. The molecule has 0 aliphatic heterocycles. The first-order valence-electron chi connectivity index (χ1n) is 6.72. The van der Waals surface area contributed by atoms with Gasteiger partial charge >= 0.3 is 5.97 Å². The van der Waals surface area contributed by atoms with Crippen molar-refractivity contribution in [3.63, 3.8) is 0 Å². The zero-order valence-corrected chi connectivity index (χ0v) is 11.1. The molecule has 1 aliphatic carbocycles. The number of anilines is 1. The van der Waals surface area contributed by atoms with Crippen LogP contribution in [0.15, 0.2) is 0 Å². The molecule has 2 rings (SSSR count). The van der Waals surface area contributed by atoms with Crippen LogP contribution in [0.4, 0.5) is 5.82 Å². The Hall–Kier alpha value is -1.52. The molecule has 1 aliphatic rings. The highest BCUT2D eigenvalue weighted by Crippen LogP contribution is 2.34. The lowest BCUT2D eigenvalue weighted by Gasteiger charge is -2.16. The second kappa shape index (κ2) is 5.42. The molecule has 18 heavy (non-hydrogen) atoms. The summed E-state index contributed by atoms with van der Waals surface area (Å²) in [4.78, 5) is 16.1. The number of carbonyl (C=O) groups excluding carboxylic acids is 1. The molecular weight excluding hydrogens is 230 g/mol. The Morgan fingerprint density at radius 2 is 2.11 bits per heavy atom. The van der Waals surface area contributed by atoms with Crippen LogP contribution >= 0.6 is 0 Å². The number of ether oxygens (including phenoxy) is 1. The van der Waals surface area contributed by atoms with E-state index in [2.05, 4.69) is 4.98 Å². The summed E-state index contributed by atoms with van der Waals surface area (Å²) in [7, 11) is 0. The van der Waals surface area contributed by atoms with Gasteiger partial charge in [0.2, 0.25) is 0 Å². The number of aryl methyl sites for hydroxylation is 1. The van der Waals surface area contributed by atoms with Gasteiger partial charge in [0.05, 0.1) is 6.61 Å². The Morgan fingerprint density at radius 3 is 2.67 bits per heavy atom. The van der Waals surface area contributed by atoms with Gasteiger partial charge in [0.1, 0.15) is 11.6 Å². The Balaban J connectivity index is 2.36. The van der Waals surface area contributed by atoms with Crippen LogP contribution in [0.2, 0.25) is 0 Å². The molecule has 0 bridgehead atoms. The van der Waals surface area contributed by atoms with Crippen molar-refractivity contribution in [1.82, 2.24) is 9.55 Å². The van der Waals surface area contributed by atoms with E-state index in [-0.39, 0.29) is 5.69 Å². The van der Waals surface area contributed by atoms with E-state index in [1.165, 1.54) is 12.8 Å². The average Bonchev–Trinajstić information content (AvgIpc) is 2.96. The highest BCUT2D eigenvalue weighted by atomic mass is 16.5. The van der Waals surface area contributed by atoms with Gasteiger partial charge in [0.25, 0.3) is 0 Å². The minimum absolute atomic E-state index is 0.278. The van der Waals surface area contributed by atoms with Gasteiger partial charge < -0.3 is 15.0 Å². The van der Waals surface area contributed by atoms with Crippen molar-refractivity contribution >= 4 is 11.8 Å². The van der Waals surface area contributed by atoms with E-state index in [1.807, 2.05) is 11.5 Å². The lowest BCUT2D eigenvalue weighted by Crippen LogP contribution is -2.13. The quantitative estimate of drug-likeness (QED) is 0.834. The third kappa shape index (κ3) is 2.21. The number of imidazole rings is 1. The SMILES string of the molecule is CCOC(=O)c1nc(CC)n(C2CCCC2)c1N. The minimum Gasteiger partial charge on any atom is -0.461 e. The maximum absolute atomic E-state index is 11.8. The second-order valence-electron chi connectivity index (χ2n) is 4.64. The van der Waals surface area contributed by atoms with Gasteiger partial charge in [-0.25, -0.2) is 9.78 Å². The van der Waals surface area contributed by atoms with Crippen LogP contribution in [-0.2, 0) is 11.2 Å². The summed E-state index contributed by atoms with van der Waals surface area (Å²) in [5.74, 6) is 0.945. The molecule has 0 radical (unpaired) electrons. The van der Waals surface area contributed by atoms with Crippen LogP contribution in [-0.4, -0.2) is 22.1 Å². The predicted molar refractivity (Wildman–Crippen MR) is 69.5 cm³/mol. The molecule has 2 N–H and O–H groups in total. The second-order valence-corrected chi connectivity index (χ2v) is 4.64. The van der Waals surface area contributed by atoms with Crippen molar-refractivity contribution in [3.8, 4) is 0 Å². The molecule has 100 valence electrons. The molecule has 1 fully saturated rings. The van der Waals surface area contributed by atoms with Crippen LogP contribution < -0.4 is 5.73 Å². The van der Waals surface area contributed by atoms with Crippen LogP contribution in [0.3, 0.4) is 0 Å². The summed E-state index contributed by atoms with van der Waals surface area (Å²) in [6, 6.07) is 0.399. The molecule has 1 aromatic rings. The fraction of sp³-hybridized carbons (Fsp3) is 0.692. The first-order valence-corrected chi connectivity index (χ1v) is 6.72. The molecule has 0 aromatic carbocycles. The topological polar surface area (TPSA) is 70.1 Å². The minimum atomic E-state index is -0.415. The summed E-state index contributed by atoms with van der Waals surface area (Å²) in [5, 5.41) is 0. The Morgan fingerprint density at radius 1 is 1.44 bits per heavy atom. The average molecular weight is 251 g/mol. The summed E-state index contributed by atoms with van der Waals surface area (Å²) in [5.41, 5.74) is 6.37. The van der Waals surface area contributed by atoms with E-state index >= 15 is 0 Å². The molecule has 1 aromatic heterocycles. The van der Waals surface area contributed by atoms with Crippen molar-refractivity contribution in [2.45, 2.75) is 52.0 Å². The zero-order valence-electron chi connectivity index (χ0n) is 11.1. The maximum atomic E-state index is 11.8. The van der Waals surface area contributed by atoms with Gasteiger partial charge in [-0.3, -0.25) is 0 Å². The van der Waals surface area contributed by atoms with Crippen LogP contribution in [0, 0.1) is 0 Å². The number of nitrogens with zero attached hydrogens (tertiary/aromatic N) is 2. The number of aromatic nitrogens is 2. The molecule has 0 amide bonds. The molecular formula is C13H21N3O2. The highest BCUT2D eigenvalue weighted by Gasteiger charge is 2.26. The fourth-order valence-electron chi connectivity index (χ4n) is 2.66. The van der Waals surface area contributed by atoms with Crippen LogP contribution in [0.5, 0.6) is 0 Å². The smallest absolute Gasteiger partial charge is 0.360 e. The number of hydrogen-bond acceptors (Lipinski definition) is 4. The lowest BCUT2D eigenvalue weighted by atomic mass is 10.2. The molecule has 5 heteroatoms. The first kappa shape index (κ1) is 12.9. The maximum Gasteiger partial charge on any atom is 0.360 e. The Labute approximate surface area is 107 Å². The molecule has 0 unspecified atom stereocenters. The fourth-order valence-corrected chi connectivity index (χ4v) is 2.66. The standard InChI is InChI=1S/C13H21N3O2/c1-3-10-15-11(13(17)18-4-2)12(14)16(10)9-7-5-6-8-9/h9H,3-8,14H2,1-2H3. The number of esters is 1. The molecule has 0 saturated heterocycles. The van der Waals surface area contributed by atoms with Crippen molar-refractivity contribution < 1.29 is 9.53 Å². The van der Waals surface area contributed by atoms with Crippen molar-refractivity contribution in [1.29, 1.82) is 0 Å². The largest absolute Gasteiger partial charge is 0.461 e. The lowest BCUT2D eigenvalue weighted by molar-refractivity contribution is 0.0521. The number of carbonyl (C=O) groups is 1. The highest BCUT2D eigenvalue weighted by molar-refractivity contribution is 5.92. The van der Waals surface area contributed by atoms with Gasteiger partial charge in [-0.1, -0.05) is 19.8 Å². The van der Waals surface area contributed by atoms with Gasteiger partial charge in [-0.2, -0.15) is 0 Å². The van der Waals surface area contributed by atoms with Crippen molar-refractivity contribution in [2.75, 3.05) is 12.3 Å². The number of nitrogens with two attached hydrogens (primary N) is 1. The summed E-state index contributed by atoms with van der Waals surface area (Å²) in [6.45, 7) is 4.15. The van der Waals surface area contributed by atoms with Gasteiger partial charge in [-0.05, 0) is 19.8 Å².